The van der Waals surface area contributed by atoms with Crippen LogP contribution in [0, 0.1) is 0 Å². The zero-order chi connectivity index (χ0) is 14.1. The lowest BCUT2D eigenvalue weighted by Gasteiger charge is -2.45. The van der Waals surface area contributed by atoms with Gasteiger partial charge in [0.15, 0.2) is 0 Å². The third-order valence-electron chi connectivity index (χ3n) is 4.94. The van der Waals surface area contributed by atoms with Crippen LogP contribution < -0.4 is 9.80 Å². The fourth-order valence-corrected chi connectivity index (χ4v) is 3.82. The molecule has 3 heteroatoms. The van der Waals surface area contributed by atoms with Crippen LogP contribution >= 0.6 is 0 Å². The summed E-state index contributed by atoms with van der Waals surface area (Å²) in [5.41, 5.74) is 2.76. The van der Waals surface area contributed by atoms with Gasteiger partial charge in [0.05, 0.1) is 11.4 Å². The summed E-state index contributed by atoms with van der Waals surface area (Å²) in [6.45, 7) is 6.07. The van der Waals surface area contributed by atoms with Crippen molar-refractivity contribution in [3.05, 3.63) is 24.3 Å². The molecular weight excluding hydrogens is 246 g/mol. The van der Waals surface area contributed by atoms with Crippen molar-refractivity contribution < 1.29 is 0 Å². The van der Waals surface area contributed by atoms with Crippen molar-refractivity contribution in [2.45, 2.75) is 38.3 Å². The maximum Gasteiger partial charge on any atom is 0.0607 e. The monoisotopic (exact) mass is 273 g/mol. The number of rotatable bonds is 3. The molecule has 0 amide bonds. The van der Waals surface area contributed by atoms with E-state index < -0.39 is 0 Å². The summed E-state index contributed by atoms with van der Waals surface area (Å²) in [4.78, 5) is 7.62. The Morgan fingerprint density at radius 1 is 1.20 bits per heavy atom. The van der Waals surface area contributed by atoms with Crippen LogP contribution in [0.2, 0.25) is 0 Å². The lowest BCUT2D eigenvalue weighted by Crippen LogP contribution is -2.56. The topological polar surface area (TPSA) is 9.72 Å². The molecule has 2 unspecified atom stereocenters. The molecule has 110 valence electrons. The van der Waals surface area contributed by atoms with Crippen LogP contribution in [0.15, 0.2) is 24.3 Å². The number of benzene rings is 1. The zero-order valence-electron chi connectivity index (χ0n) is 13.0. The molecule has 1 aromatic rings. The van der Waals surface area contributed by atoms with E-state index in [1.54, 1.807) is 0 Å². The first-order valence-corrected chi connectivity index (χ1v) is 7.97. The van der Waals surface area contributed by atoms with Crippen molar-refractivity contribution in [1.29, 1.82) is 0 Å². The van der Waals surface area contributed by atoms with E-state index in [0.717, 1.165) is 6.04 Å². The van der Waals surface area contributed by atoms with Crippen LogP contribution in [0.3, 0.4) is 0 Å². The first-order valence-electron chi connectivity index (χ1n) is 7.97. The Hall–Kier alpha value is -1.22. The van der Waals surface area contributed by atoms with Crippen molar-refractivity contribution in [3.8, 4) is 0 Å². The zero-order valence-corrected chi connectivity index (χ0v) is 13.0. The van der Waals surface area contributed by atoms with E-state index in [1.807, 2.05) is 0 Å². The van der Waals surface area contributed by atoms with E-state index in [1.165, 1.54) is 50.3 Å². The van der Waals surface area contributed by atoms with Crippen molar-refractivity contribution in [2.24, 2.45) is 0 Å². The first-order chi connectivity index (χ1) is 9.70. The highest BCUT2D eigenvalue weighted by Crippen LogP contribution is 2.34. The number of anilines is 2. The molecule has 2 aliphatic rings. The maximum atomic E-state index is 2.71. The second-order valence-corrected chi connectivity index (χ2v) is 6.39. The number of hydrogen-bond acceptors (Lipinski definition) is 3. The van der Waals surface area contributed by atoms with E-state index in [9.17, 15) is 0 Å². The molecule has 2 aliphatic heterocycles. The molecule has 0 aromatic heterocycles. The van der Waals surface area contributed by atoms with Crippen LogP contribution in [-0.4, -0.2) is 50.7 Å². The summed E-state index contributed by atoms with van der Waals surface area (Å²) >= 11 is 0. The van der Waals surface area contributed by atoms with Gasteiger partial charge in [0, 0.05) is 39.3 Å². The van der Waals surface area contributed by atoms with Crippen LogP contribution in [-0.2, 0) is 0 Å². The molecule has 1 aromatic carbocycles. The fourth-order valence-electron chi connectivity index (χ4n) is 3.82. The molecule has 3 nitrogen and oxygen atoms in total. The summed E-state index contributed by atoms with van der Waals surface area (Å²) in [5, 5.41) is 0. The minimum Gasteiger partial charge on any atom is -0.376 e. The van der Waals surface area contributed by atoms with Gasteiger partial charge in [-0.15, -0.1) is 0 Å². The highest BCUT2D eigenvalue weighted by Gasteiger charge is 2.36. The number of fused-ring (bicyclic) bond motifs is 1. The van der Waals surface area contributed by atoms with E-state index in [-0.39, 0.29) is 0 Å². The van der Waals surface area contributed by atoms with E-state index in [2.05, 4.69) is 60.0 Å². The van der Waals surface area contributed by atoms with Gasteiger partial charge in [-0.1, -0.05) is 19.1 Å². The number of piperazine rings is 1. The number of nitrogens with zero attached hydrogens (tertiary/aromatic N) is 3. The van der Waals surface area contributed by atoms with Gasteiger partial charge in [0.1, 0.15) is 0 Å². The Kier molecular flexibility index (Phi) is 3.88. The predicted octanol–water partition coefficient (Wildman–Crippen LogP) is 2.82. The molecule has 0 saturated carbocycles. The normalized spacial score (nSPS) is 26.6. The molecule has 3 rings (SSSR count). The second kappa shape index (κ2) is 5.65. The Bertz CT molecular complexity index is 457. The smallest absolute Gasteiger partial charge is 0.0607 e. The quantitative estimate of drug-likeness (QED) is 0.838. The molecule has 0 N–H and O–H groups in total. The van der Waals surface area contributed by atoms with Crippen molar-refractivity contribution >= 4 is 11.4 Å². The summed E-state index contributed by atoms with van der Waals surface area (Å²) in [6.07, 6.45) is 3.98. The van der Waals surface area contributed by atoms with Gasteiger partial charge in [-0.25, -0.2) is 0 Å². The molecule has 2 heterocycles. The summed E-state index contributed by atoms with van der Waals surface area (Å²) in [7, 11) is 4.29. The fraction of sp³-hybridized carbons (Fsp3) is 0.647. The lowest BCUT2D eigenvalue weighted by atomic mass is 10.0. The SMILES string of the molecule is CCC1CN2CCCC2CN1c1ccccc1N(C)C. The Balaban J connectivity index is 1.91. The van der Waals surface area contributed by atoms with Gasteiger partial charge in [-0.2, -0.15) is 0 Å². The molecular formula is C17H27N3. The maximum absolute atomic E-state index is 2.71. The number of para-hydroxylation sites is 2. The van der Waals surface area contributed by atoms with Crippen LogP contribution in [0.1, 0.15) is 26.2 Å². The highest BCUT2D eigenvalue weighted by atomic mass is 15.3. The van der Waals surface area contributed by atoms with E-state index in [0.29, 0.717) is 6.04 Å². The van der Waals surface area contributed by atoms with Gasteiger partial charge >= 0.3 is 0 Å². The predicted molar refractivity (Wildman–Crippen MR) is 86.8 cm³/mol. The Morgan fingerprint density at radius 2 is 2.00 bits per heavy atom. The van der Waals surface area contributed by atoms with Crippen LogP contribution in [0.4, 0.5) is 11.4 Å². The van der Waals surface area contributed by atoms with E-state index in [4.69, 9.17) is 0 Å². The van der Waals surface area contributed by atoms with Gasteiger partial charge in [0.25, 0.3) is 0 Å². The minimum atomic E-state index is 0.658. The molecule has 20 heavy (non-hydrogen) atoms. The first kappa shape index (κ1) is 13.7. The van der Waals surface area contributed by atoms with Gasteiger partial charge in [0.2, 0.25) is 0 Å². The van der Waals surface area contributed by atoms with Gasteiger partial charge in [-0.05, 0) is 37.9 Å². The average Bonchev–Trinajstić information content (AvgIpc) is 2.93. The highest BCUT2D eigenvalue weighted by molar-refractivity contribution is 5.71. The molecule has 0 spiro atoms. The molecule has 2 saturated heterocycles. The van der Waals surface area contributed by atoms with Crippen molar-refractivity contribution in [2.75, 3.05) is 43.5 Å². The Morgan fingerprint density at radius 3 is 2.75 bits per heavy atom. The summed E-state index contributed by atoms with van der Waals surface area (Å²) in [6, 6.07) is 10.3. The number of hydrogen-bond donors (Lipinski definition) is 0. The molecule has 0 aliphatic carbocycles. The van der Waals surface area contributed by atoms with Crippen LogP contribution in [0.5, 0.6) is 0 Å². The van der Waals surface area contributed by atoms with Crippen LogP contribution in [0.25, 0.3) is 0 Å². The second-order valence-electron chi connectivity index (χ2n) is 6.39. The summed E-state index contributed by atoms with van der Waals surface area (Å²) in [5.74, 6) is 0. The Labute approximate surface area is 123 Å². The van der Waals surface area contributed by atoms with Gasteiger partial charge < -0.3 is 9.80 Å². The summed E-state index contributed by atoms with van der Waals surface area (Å²) < 4.78 is 0. The average molecular weight is 273 g/mol. The largest absolute Gasteiger partial charge is 0.376 e. The minimum absolute atomic E-state index is 0.658. The van der Waals surface area contributed by atoms with E-state index >= 15 is 0 Å². The molecule has 0 bridgehead atoms. The van der Waals surface area contributed by atoms with Gasteiger partial charge in [-0.3, -0.25) is 4.90 Å². The molecule has 2 fully saturated rings. The third kappa shape index (κ3) is 2.39. The van der Waals surface area contributed by atoms with Crippen molar-refractivity contribution in [1.82, 2.24) is 4.90 Å². The van der Waals surface area contributed by atoms with Crippen molar-refractivity contribution in [3.63, 3.8) is 0 Å². The molecule has 0 radical (unpaired) electrons. The molecule has 2 atom stereocenters. The third-order valence-corrected chi connectivity index (χ3v) is 4.94. The lowest BCUT2D eigenvalue weighted by molar-refractivity contribution is 0.195. The standard InChI is InChI=1S/C17H27N3/c1-4-14-12-19-11-7-8-15(19)13-20(14)17-10-6-5-9-16(17)18(2)3/h5-6,9-10,14-15H,4,7-8,11-13H2,1-3H3.